The standard InChI is InChI=1S/C22H38ClN4O4P/c1-4-7-8-9-10-11-12-13-19(14-15-29-18-32(28,30-5-2)31-6-3)27-17-26-20-21(23)24-16-25-22(20)27/h16-17,19H,4-15,18H2,1-3H3. The van der Waals surface area contributed by atoms with E-state index in [1.807, 2.05) is 0 Å². The van der Waals surface area contributed by atoms with Gasteiger partial charge in [-0.1, -0.05) is 63.5 Å². The average Bonchev–Trinajstić information content (AvgIpc) is 3.20. The first kappa shape index (κ1) is 27.2. The topological polar surface area (TPSA) is 88.4 Å². The minimum Gasteiger partial charge on any atom is -0.369 e. The lowest BCUT2D eigenvalue weighted by Crippen LogP contribution is -2.13. The predicted molar refractivity (Wildman–Crippen MR) is 128 cm³/mol. The van der Waals surface area contributed by atoms with Crippen molar-refractivity contribution in [2.24, 2.45) is 0 Å². The van der Waals surface area contributed by atoms with E-state index in [9.17, 15) is 4.57 Å². The van der Waals surface area contributed by atoms with Gasteiger partial charge in [-0.3, -0.25) is 4.57 Å². The Balaban J connectivity index is 1.96. The van der Waals surface area contributed by atoms with Gasteiger partial charge in [0.15, 0.2) is 10.8 Å². The molecule has 0 aromatic carbocycles. The van der Waals surface area contributed by atoms with Crippen molar-refractivity contribution in [2.75, 3.05) is 26.2 Å². The fourth-order valence-electron chi connectivity index (χ4n) is 3.75. The second-order valence-electron chi connectivity index (χ2n) is 7.82. The van der Waals surface area contributed by atoms with E-state index in [-0.39, 0.29) is 12.4 Å². The molecule has 8 nitrogen and oxygen atoms in total. The van der Waals surface area contributed by atoms with Gasteiger partial charge in [-0.05, 0) is 26.7 Å². The molecule has 2 aromatic rings. The molecule has 0 bridgehead atoms. The predicted octanol–water partition coefficient (Wildman–Crippen LogP) is 6.79. The van der Waals surface area contributed by atoms with Gasteiger partial charge in [-0.2, -0.15) is 0 Å². The van der Waals surface area contributed by atoms with Gasteiger partial charge in [0.1, 0.15) is 18.2 Å². The summed E-state index contributed by atoms with van der Waals surface area (Å²) in [5.74, 6) is 0. The lowest BCUT2D eigenvalue weighted by atomic mass is 10.0. The van der Waals surface area contributed by atoms with Crippen LogP contribution in [0.2, 0.25) is 5.15 Å². The summed E-state index contributed by atoms with van der Waals surface area (Å²) in [6.45, 7) is 6.90. The molecule has 2 rings (SSSR count). The maximum Gasteiger partial charge on any atom is 0.356 e. The quantitative estimate of drug-likeness (QED) is 0.129. The largest absolute Gasteiger partial charge is 0.369 e. The van der Waals surface area contributed by atoms with Crippen molar-refractivity contribution < 1.29 is 18.3 Å². The third-order valence-corrected chi connectivity index (χ3v) is 7.42. The van der Waals surface area contributed by atoms with Crippen LogP contribution in [0.1, 0.15) is 84.6 Å². The molecule has 32 heavy (non-hydrogen) atoms. The van der Waals surface area contributed by atoms with Gasteiger partial charge >= 0.3 is 7.60 Å². The van der Waals surface area contributed by atoms with Crippen molar-refractivity contribution in [1.29, 1.82) is 0 Å². The number of imidazole rings is 1. The molecule has 0 saturated heterocycles. The fourth-order valence-corrected chi connectivity index (χ4v) is 5.29. The zero-order valence-corrected chi connectivity index (χ0v) is 21.3. The SMILES string of the molecule is CCCCCCCCCC(CCOCP(=O)(OCC)OCC)n1cnc2c(Cl)ncnc21. The van der Waals surface area contributed by atoms with Crippen LogP contribution >= 0.6 is 19.2 Å². The Morgan fingerprint density at radius 1 is 0.969 bits per heavy atom. The van der Waals surface area contributed by atoms with Crippen LogP contribution in [0.15, 0.2) is 12.7 Å². The molecule has 2 aromatic heterocycles. The third kappa shape index (κ3) is 8.71. The maximum absolute atomic E-state index is 12.6. The van der Waals surface area contributed by atoms with Crippen molar-refractivity contribution in [3.05, 3.63) is 17.8 Å². The number of ether oxygens (including phenoxy) is 1. The highest BCUT2D eigenvalue weighted by Gasteiger charge is 2.24. The summed E-state index contributed by atoms with van der Waals surface area (Å²) >= 11 is 6.19. The molecule has 0 aliphatic carbocycles. The molecule has 0 saturated carbocycles. The molecule has 0 spiro atoms. The molecule has 0 N–H and O–H groups in total. The molecule has 0 aliphatic heterocycles. The lowest BCUT2D eigenvalue weighted by molar-refractivity contribution is 0.122. The number of rotatable bonds is 18. The highest BCUT2D eigenvalue weighted by Crippen LogP contribution is 2.47. The van der Waals surface area contributed by atoms with E-state index in [0.717, 1.165) is 24.9 Å². The van der Waals surface area contributed by atoms with Gasteiger partial charge in [-0.25, -0.2) is 15.0 Å². The van der Waals surface area contributed by atoms with Crippen molar-refractivity contribution in [1.82, 2.24) is 19.5 Å². The first-order valence-electron chi connectivity index (χ1n) is 11.8. The maximum atomic E-state index is 12.6. The van der Waals surface area contributed by atoms with Crippen LogP contribution in [0.3, 0.4) is 0 Å². The van der Waals surface area contributed by atoms with Crippen molar-refractivity contribution >= 4 is 30.4 Å². The van der Waals surface area contributed by atoms with Gasteiger partial charge in [0.2, 0.25) is 0 Å². The van der Waals surface area contributed by atoms with E-state index in [1.165, 1.54) is 44.9 Å². The smallest absolute Gasteiger partial charge is 0.356 e. The molecular formula is C22H38ClN4O4P. The summed E-state index contributed by atoms with van der Waals surface area (Å²) in [5.41, 5.74) is 1.34. The molecule has 0 amide bonds. The zero-order valence-electron chi connectivity index (χ0n) is 19.7. The fraction of sp³-hybridized carbons (Fsp3) is 0.773. The Kier molecular flexibility index (Phi) is 12.7. The Hall–Kier alpha value is -1.05. The van der Waals surface area contributed by atoms with E-state index in [0.29, 0.717) is 30.5 Å². The number of fused-ring (bicyclic) bond motifs is 1. The first-order valence-corrected chi connectivity index (χ1v) is 13.9. The van der Waals surface area contributed by atoms with E-state index in [1.54, 1.807) is 20.2 Å². The number of hydrogen-bond acceptors (Lipinski definition) is 7. The molecule has 0 radical (unpaired) electrons. The van der Waals surface area contributed by atoms with Gasteiger partial charge in [0.25, 0.3) is 0 Å². The van der Waals surface area contributed by atoms with E-state index in [4.69, 9.17) is 25.4 Å². The van der Waals surface area contributed by atoms with Crippen LogP contribution < -0.4 is 0 Å². The van der Waals surface area contributed by atoms with Crippen molar-refractivity contribution in [2.45, 2.75) is 84.6 Å². The Bertz CT molecular complexity index is 825. The van der Waals surface area contributed by atoms with E-state index >= 15 is 0 Å². The Morgan fingerprint density at radius 2 is 1.66 bits per heavy atom. The minimum atomic E-state index is -3.20. The number of nitrogens with zero attached hydrogens (tertiary/aromatic N) is 4. The molecule has 10 heteroatoms. The van der Waals surface area contributed by atoms with Crippen LogP contribution in [-0.4, -0.2) is 45.7 Å². The van der Waals surface area contributed by atoms with Crippen LogP contribution in [0.4, 0.5) is 0 Å². The van der Waals surface area contributed by atoms with Gasteiger partial charge in [-0.15, -0.1) is 0 Å². The van der Waals surface area contributed by atoms with E-state index < -0.39 is 7.60 Å². The van der Waals surface area contributed by atoms with Crippen LogP contribution in [0.5, 0.6) is 0 Å². The summed E-state index contributed by atoms with van der Waals surface area (Å²) < 4.78 is 31.0. The van der Waals surface area contributed by atoms with Crippen LogP contribution in [-0.2, 0) is 18.3 Å². The minimum absolute atomic E-state index is 0.0441. The molecule has 182 valence electrons. The molecule has 0 aliphatic rings. The highest BCUT2D eigenvalue weighted by molar-refractivity contribution is 7.53. The third-order valence-electron chi connectivity index (χ3n) is 5.34. The monoisotopic (exact) mass is 488 g/mol. The Morgan fingerprint density at radius 3 is 2.34 bits per heavy atom. The summed E-state index contributed by atoms with van der Waals surface area (Å²) in [5, 5.41) is 0.356. The van der Waals surface area contributed by atoms with Crippen molar-refractivity contribution in [3.63, 3.8) is 0 Å². The van der Waals surface area contributed by atoms with Crippen molar-refractivity contribution in [3.8, 4) is 0 Å². The molecule has 1 atom stereocenters. The number of hydrogen-bond donors (Lipinski definition) is 0. The summed E-state index contributed by atoms with van der Waals surface area (Å²) in [4.78, 5) is 12.8. The van der Waals surface area contributed by atoms with Crippen LogP contribution in [0, 0.1) is 0 Å². The second kappa shape index (κ2) is 15.0. The van der Waals surface area contributed by atoms with Gasteiger partial charge in [0.05, 0.1) is 19.5 Å². The molecule has 0 fully saturated rings. The number of unbranched alkanes of at least 4 members (excludes halogenated alkanes) is 6. The summed E-state index contributed by atoms with van der Waals surface area (Å²) in [6.07, 6.45) is 13.7. The normalized spacial score (nSPS) is 13.1. The zero-order chi connectivity index (χ0) is 23.2. The number of halogens is 1. The molecule has 1 unspecified atom stereocenters. The average molecular weight is 489 g/mol. The Labute approximate surface area is 197 Å². The highest BCUT2D eigenvalue weighted by atomic mass is 35.5. The summed E-state index contributed by atoms with van der Waals surface area (Å²) in [7, 11) is -3.20. The molecule has 2 heterocycles. The van der Waals surface area contributed by atoms with E-state index in [2.05, 4.69) is 26.4 Å². The van der Waals surface area contributed by atoms with Crippen LogP contribution in [0.25, 0.3) is 11.2 Å². The van der Waals surface area contributed by atoms with Gasteiger partial charge in [0, 0.05) is 12.6 Å². The second-order valence-corrected chi connectivity index (χ2v) is 10.2. The first-order chi connectivity index (χ1) is 15.5. The molecular weight excluding hydrogens is 451 g/mol. The number of aromatic nitrogens is 4. The van der Waals surface area contributed by atoms with Gasteiger partial charge < -0.3 is 18.4 Å². The summed E-state index contributed by atoms with van der Waals surface area (Å²) in [6, 6.07) is 0.153. The lowest BCUT2D eigenvalue weighted by Gasteiger charge is -2.21.